The van der Waals surface area contributed by atoms with Crippen LogP contribution in [0.5, 0.6) is 0 Å². The number of unbranched alkanes of at least 4 members (excludes halogenated alkanes) is 1. The van der Waals surface area contributed by atoms with Crippen LogP contribution in [0.3, 0.4) is 0 Å². The molecule has 0 spiro atoms. The molecule has 1 aliphatic carbocycles. The quantitative estimate of drug-likeness (QED) is 0.125. The number of halogens is 1. The highest BCUT2D eigenvalue weighted by Crippen LogP contribution is 2.38. The summed E-state index contributed by atoms with van der Waals surface area (Å²) in [5.41, 5.74) is 4.84. The van der Waals surface area contributed by atoms with Crippen molar-refractivity contribution in [2.75, 3.05) is 48.3 Å². The largest absolute Gasteiger partial charge is 0.369 e. The molecular formula is C40H43FN12O5. The van der Waals surface area contributed by atoms with Crippen molar-refractivity contribution >= 4 is 46.5 Å². The van der Waals surface area contributed by atoms with E-state index in [9.17, 15) is 19.2 Å². The van der Waals surface area contributed by atoms with Crippen LogP contribution < -0.4 is 20.9 Å². The number of amides is 5. The number of aromatic nitrogens is 6. The molecule has 1 unspecified atom stereocenters. The van der Waals surface area contributed by atoms with Crippen molar-refractivity contribution in [2.24, 2.45) is 0 Å². The van der Waals surface area contributed by atoms with E-state index in [0.717, 1.165) is 88.2 Å². The molecule has 300 valence electrons. The van der Waals surface area contributed by atoms with Crippen LogP contribution in [0.1, 0.15) is 84.8 Å². The minimum atomic E-state index is -0.696. The summed E-state index contributed by atoms with van der Waals surface area (Å²) in [7, 11) is 0. The number of pyridine rings is 1. The number of urea groups is 1. The van der Waals surface area contributed by atoms with Crippen LogP contribution in [0, 0.1) is 5.82 Å². The molecule has 7 heterocycles. The first-order valence-electron chi connectivity index (χ1n) is 19.9. The van der Waals surface area contributed by atoms with Crippen LogP contribution in [-0.2, 0) is 22.6 Å². The van der Waals surface area contributed by atoms with Gasteiger partial charge in [-0.05, 0) is 62.4 Å². The third-order valence-electron chi connectivity index (χ3n) is 11.6. The number of imide groups is 1. The first-order valence-corrected chi connectivity index (χ1v) is 19.9. The molecule has 5 amide bonds. The number of carbonyl (C=O) groups excluding carboxylic acids is 4. The van der Waals surface area contributed by atoms with Gasteiger partial charge >= 0.3 is 6.03 Å². The lowest BCUT2D eigenvalue weighted by molar-refractivity contribution is -0.136. The molecule has 9 rings (SSSR count). The second-order valence-corrected chi connectivity index (χ2v) is 15.3. The summed E-state index contributed by atoms with van der Waals surface area (Å²) in [6.07, 6.45) is 11.7. The van der Waals surface area contributed by atoms with Crippen molar-refractivity contribution < 1.29 is 28.1 Å². The summed E-state index contributed by atoms with van der Waals surface area (Å²) >= 11 is 0. The Balaban J connectivity index is 0.725. The maximum Gasteiger partial charge on any atom is 0.323 e. The van der Waals surface area contributed by atoms with Crippen LogP contribution in [0.2, 0.25) is 0 Å². The topological polar surface area (TPSA) is 196 Å². The zero-order chi connectivity index (χ0) is 39.8. The molecule has 18 heteroatoms. The fourth-order valence-corrected chi connectivity index (χ4v) is 8.59. The molecule has 17 nitrogen and oxygen atoms in total. The molecule has 0 bridgehead atoms. The van der Waals surface area contributed by atoms with Gasteiger partial charge in [-0.3, -0.25) is 24.6 Å². The molecule has 1 atom stereocenters. The number of piperazine rings is 1. The highest BCUT2D eigenvalue weighted by atomic mass is 19.1. The second-order valence-electron chi connectivity index (χ2n) is 15.3. The number of hydrogen-bond donors (Lipinski definition) is 3. The number of piperidine rings is 1. The number of nitrogens with zero attached hydrogens (tertiary/aromatic N) is 9. The van der Waals surface area contributed by atoms with Crippen LogP contribution in [0.4, 0.5) is 26.2 Å². The van der Waals surface area contributed by atoms with E-state index in [1.54, 1.807) is 21.8 Å². The van der Waals surface area contributed by atoms with E-state index in [2.05, 4.69) is 51.0 Å². The van der Waals surface area contributed by atoms with Gasteiger partial charge in [-0.15, -0.1) is 0 Å². The van der Waals surface area contributed by atoms with Crippen LogP contribution in [-0.4, -0.2) is 102 Å². The van der Waals surface area contributed by atoms with Crippen LogP contribution >= 0.6 is 0 Å². The van der Waals surface area contributed by atoms with E-state index in [0.29, 0.717) is 42.2 Å². The maximum absolute atomic E-state index is 15.2. The molecule has 4 aliphatic rings. The zero-order valence-electron chi connectivity index (χ0n) is 31.8. The number of carbonyl (C=O) groups is 4. The summed E-state index contributed by atoms with van der Waals surface area (Å²) in [5.74, 6) is -0.877. The molecule has 0 radical (unpaired) electrons. The van der Waals surface area contributed by atoms with Crippen molar-refractivity contribution in [1.82, 2.24) is 44.8 Å². The summed E-state index contributed by atoms with van der Waals surface area (Å²) in [6, 6.07) is 7.69. The normalized spacial score (nSPS) is 18.9. The van der Waals surface area contributed by atoms with E-state index in [1.165, 1.54) is 12.3 Å². The van der Waals surface area contributed by atoms with Crippen molar-refractivity contribution in [2.45, 2.75) is 76.3 Å². The molecule has 58 heavy (non-hydrogen) atoms. The van der Waals surface area contributed by atoms with Crippen molar-refractivity contribution in [1.29, 1.82) is 0 Å². The number of hydrogen-bond acceptors (Lipinski definition) is 12. The Morgan fingerprint density at radius 3 is 2.62 bits per heavy atom. The van der Waals surface area contributed by atoms with E-state index in [-0.39, 0.29) is 41.4 Å². The molecule has 1 saturated carbocycles. The number of rotatable bonds is 11. The third kappa shape index (κ3) is 7.58. The number of benzene rings is 1. The van der Waals surface area contributed by atoms with Crippen molar-refractivity contribution in [3.05, 3.63) is 77.5 Å². The number of fused-ring (bicyclic) bond motifs is 2. The Morgan fingerprint density at radius 2 is 1.81 bits per heavy atom. The fraction of sp³-hybridized carbons (Fsp3) is 0.425. The highest BCUT2D eigenvalue weighted by Gasteiger charge is 2.39. The monoisotopic (exact) mass is 790 g/mol. The van der Waals surface area contributed by atoms with Crippen molar-refractivity contribution in [3.8, 4) is 11.5 Å². The molecule has 3 fully saturated rings. The molecule has 1 aromatic carbocycles. The van der Waals surface area contributed by atoms with Gasteiger partial charge in [0.25, 0.3) is 5.91 Å². The van der Waals surface area contributed by atoms with Gasteiger partial charge in [0.1, 0.15) is 11.7 Å². The van der Waals surface area contributed by atoms with Gasteiger partial charge in [0.05, 0.1) is 35.7 Å². The second kappa shape index (κ2) is 15.9. The Morgan fingerprint density at radius 1 is 0.966 bits per heavy atom. The summed E-state index contributed by atoms with van der Waals surface area (Å²) in [5, 5.41) is 16.3. The molecule has 4 aromatic heterocycles. The van der Waals surface area contributed by atoms with Gasteiger partial charge in [0.15, 0.2) is 11.5 Å². The number of aryl methyl sites for hydroxylation is 1. The van der Waals surface area contributed by atoms with Gasteiger partial charge in [0.2, 0.25) is 23.5 Å². The predicted molar refractivity (Wildman–Crippen MR) is 208 cm³/mol. The van der Waals surface area contributed by atoms with Gasteiger partial charge in [-0.1, -0.05) is 18.0 Å². The Hall–Kier alpha value is -6.30. The SMILES string of the molecule is O=C1CCC(N2Cc3cc(N4CCN(CCCCc5nc(-c6ncc(NC(=O)Nc7cnc8ccnn8c7C7CCCC7)cc6F)no5)CC4)ccc3C2=O)C(=O)N1. The fourth-order valence-electron chi connectivity index (χ4n) is 8.59. The first-order chi connectivity index (χ1) is 28.3. The smallest absolute Gasteiger partial charge is 0.323 e. The lowest BCUT2D eigenvalue weighted by Crippen LogP contribution is -2.52. The molecule has 2 saturated heterocycles. The standard InChI is InChI=1S/C40H43FN12O5/c41-29-20-26(45-40(57)46-30-22-42-32-12-13-44-53(32)36(30)24-5-1-2-6-24)21-43-35(29)37-48-34(58-49-37)7-3-4-14-50-15-17-51(18-16-50)27-8-9-28-25(19-27)23-52(39(28)56)31-10-11-33(54)47-38(31)55/h8-9,12-13,19-22,24,31H,1-7,10-11,14-18,23H2,(H2,45,46,57)(H,47,54,55). The highest BCUT2D eigenvalue weighted by molar-refractivity contribution is 6.05. The Kier molecular flexibility index (Phi) is 10.2. The van der Waals surface area contributed by atoms with E-state index < -0.39 is 23.8 Å². The van der Waals surface area contributed by atoms with E-state index in [4.69, 9.17) is 4.52 Å². The van der Waals surface area contributed by atoms with Gasteiger partial charge in [-0.25, -0.2) is 23.7 Å². The average molecular weight is 791 g/mol. The minimum absolute atomic E-state index is 0.0408. The molecule has 3 N–H and O–H groups in total. The van der Waals surface area contributed by atoms with Gasteiger partial charge in [0, 0.05) is 74.9 Å². The number of nitrogens with one attached hydrogen (secondary N) is 3. The summed E-state index contributed by atoms with van der Waals surface area (Å²) < 4.78 is 22.4. The van der Waals surface area contributed by atoms with E-state index in [1.807, 2.05) is 24.3 Å². The van der Waals surface area contributed by atoms with Gasteiger partial charge < -0.3 is 25.0 Å². The Bertz CT molecular complexity index is 2380. The zero-order valence-corrected chi connectivity index (χ0v) is 31.8. The van der Waals surface area contributed by atoms with E-state index >= 15 is 4.39 Å². The minimum Gasteiger partial charge on any atom is -0.369 e. The predicted octanol–water partition coefficient (Wildman–Crippen LogP) is 4.52. The lowest BCUT2D eigenvalue weighted by Gasteiger charge is -2.36. The first kappa shape index (κ1) is 37.3. The lowest BCUT2D eigenvalue weighted by atomic mass is 10.0. The van der Waals surface area contributed by atoms with Gasteiger partial charge in [-0.2, -0.15) is 10.1 Å². The Labute approximate surface area is 332 Å². The van der Waals surface area contributed by atoms with Crippen molar-refractivity contribution in [3.63, 3.8) is 0 Å². The van der Waals surface area contributed by atoms with Crippen LogP contribution in [0.25, 0.3) is 17.2 Å². The summed E-state index contributed by atoms with van der Waals surface area (Å²) in [6.45, 7) is 4.73. The molecule has 5 aromatic rings. The average Bonchev–Trinajstić information content (AvgIpc) is 4.06. The summed E-state index contributed by atoms with van der Waals surface area (Å²) in [4.78, 5) is 69.4. The van der Waals surface area contributed by atoms with Crippen LogP contribution in [0.15, 0.2) is 53.4 Å². The third-order valence-corrected chi connectivity index (χ3v) is 11.6. The molecule has 3 aliphatic heterocycles. The molecular weight excluding hydrogens is 748 g/mol. The maximum atomic E-state index is 15.2. The number of anilines is 3.